The zero-order valence-electron chi connectivity index (χ0n) is 13.5. The van der Waals surface area contributed by atoms with Crippen molar-refractivity contribution in [2.75, 3.05) is 0 Å². The Hall–Kier alpha value is -0.330. The first kappa shape index (κ1) is 13.6. The second-order valence-corrected chi connectivity index (χ2v) is 9.17. The molecule has 19 heavy (non-hydrogen) atoms. The number of ketones is 1. The summed E-state index contributed by atoms with van der Waals surface area (Å²) in [7, 11) is 0. The van der Waals surface area contributed by atoms with Crippen molar-refractivity contribution in [2.24, 2.45) is 39.9 Å². The van der Waals surface area contributed by atoms with Gasteiger partial charge in [-0.05, 0) is 66.6 Å². The van der Waals surface area contributed by atoms with Gasteiger partial charge in [-0.2, -0.15) is 0 Å². The minimum absolute atomic E-state index is 0.182. The van der Waals surface area contributed by atoms with E-state index in [-0.39, 0.29) is 11.3 Å². The monoisotopic (exact) mass is 262 g/mol. The van der Waals surface area contributed by atoms with E-state index in [1.54, 1.807) is 0 Å². The summed E-state index contributed by atoms with van der Waals surface area (Å²) in [5, 5.41) is 0. The largest absolute Gasteiger partial charge is 0.300 e. The number of hydrogen-bond acceptors (Lipinski definition) is 1. The van der Waals surface area contributed by atoms with Gasteiger partial charge in [0.1, 0.15) is 5.78 Å². The zero-order valence-corrected chi connectivity index (χ0v) is 13.5. The van der Waals surface area contributed by atoms with Crippen LogP contribution in [0.4, 0.5) is 0 Å². The molecule has 0 radical (unpaired) electrons. The molecular weight excluding hydrogens is 232 g/mol. The average Bonchev–Trinajstić information content (AvgIpc) is 2.56. The fraction of sp³-hybridized carbons (Fsp3) is 0.944. The molecule has 0 aromatic rings. The standard InChI is InChI=1S/C18H30O/c1-11-7-13-8-18(11)9-14(12(2)19)17(5,6)15(10-18)16(13,3)4/h11,13-15H,7-10H2,1-6H3. The van der Waals surface area contributed by atoms with Gasteiger partial charge in [0.2, 0.25) is 0 Å². The van der Waals surface area contributed by atoms with Crippen LogP contribution in [0.3, 0.4) is 0 Å². The first-order valence-electron chi connectivity index (χ1n) is 8.12. The van der Waals surface area contributed by atoms with Crippen molar-refractivity contribution in [3.05, 3.63) is 0 Å². The summed E-state index contributed by atoms with van der Waals surface area (Å²) in [6.45, 7) is 14.0. The van der Waals surface area contributed by atoms with Crippen LogP contribution in [-0.2, 0) is 4.79 Å². The maximum atomic E-state index is 12.2. The van der Waals surface area contributed by atoms with Gasteiger partial charge in [0.05, 0.1) is 0 Å². The van der Waals surface area contributed by atoms with Gasteiger partial charge < -0.3 is 0 Å². The number of fused-ring (bicyclic) bond motifs is 2. The fourth-order valence-corrected chi connectivity index (χ4v) is 6.43. The van der Waals surface area contributed by atoms with Gasteiger partial charge in [-0.3, -0.25) is 4.79 Å². The second kappa shape index (κ2) is 3.65. The summed E-state index contributed by atoms with van der Waals surface area (Å²) < 4.78 is 0. The van der Waals surface area contributed by atoms with Crippen LogP contribution in [0.25, 0.3) is 0 Å². The lowest BCUT2D eigenvalue weighted by Crippen LogP contribution is -2.56. The first-order chi connectivity index (χ1) is 8.61. The lowest BCUT2D eigenvalue weighted by molar-refractivity contribution is -0.152. The summed E-state index contributed by atoms with van der Waals surface area (Å²) in [6, 6.07) is 0. The van der Waals surface area contributed by atoms with Crippen molar-refractivity contribution in [3.63, 3.8) is 0 Å². The Bertz CT molecular complexity index is 419. The number of Topliss-reactive ketones (excluding diaryl/α,β-unsaturated/α-hetero) is 1. The van der Waals surface area contributed by atoms with Crippen LogP contribution in [0.15, 0.2) is 0 Å². The molecule has 0 aromatic carbocycles. The van der Waals surface area contributed by atoms with Crippen LogP contribution in [-0.4, -0.2) is 5.78 Å². The predicted octanol–water partition coefficient (Wildman–Crippen LogP) is 4.70. The Morgan fingerprint density at radius 2 is 1.63 bits per heavy atom. The molecular formula is C18H30O. The summed E-state index contributed by atoms with van der Waals surface area (Å²) in [4.78, 5) is 12.2. The van der Waals surface area contributed by atoms with Gasteiger partial charge in [0.15, 0.2) is 0 Å². The summed E-state index contributed by atoms with van der Waals surface area (Å²) in [5.41, 5.74) is 1.09. The van der Waals surface area contributed by atoms with Crippen LogP contribution < -0.4 is 0 Å². The smallest absolute Gasteiger partial charge is 0.133 e. The highest BCUT2D eigenvalue weighted by atomic mass is 16.1. The molecule has 3 saturated carbocycles. The number of carbonyl (C=O) groups excluding carboxylic acids is 1. The van der Waals surface area contributed by atoms with Crippen molar-refractivity contribution >= 4 is 5.78 Å². The lowest BCUT2D eigenvalue weighted by Gasteiger charge is -2.61. The Balaban J connectivity index is 2.10. The van der Waals surface area contributed by atoms with E-state index in [0.29, 0.717) is 22.5 Å². The van der Waals surface area contributed by atoms with Gasteiger partial charge in [0.25, 0.3) is 0 Å². The maximum Gasteiger partial charge on any atom is 0.133 e. The molecule has 1 spiro atoms. The van der Waals surface area contributed by atoms with Crippen LogP contribution in [0.2, 0.25) is 0 Å². The van der Waals surface area contributed by atoms with Crippen LogP contribution in [0.1, 0.15) is 67.2 Å². The highest BCUT2D eigenvalue weighted by molar-refractivity contribution is 5.79. The Morgan fingerprint density at radius 3 is 2.21 bits per heavy atom. The molecule has 3 aliphatic rings. The fourth-order valence-electron chi connectivity index (χ4n) is 6.43. The van der Waals surface area contributed by atoms with E-state index < -0.39 is 0 Å². The summed E-state index contributed by atoms with van der Waals surface area (Å²) >= 11 is 0. The molecule has 108 valence electrons. The van der Waals surface area contributed by atoms with Crippen molar-refractivity contribution in [1.82, 2.24) is 0 Å². The van der Waals surface area contributed by atoms with Crippen molar-refractivity contribution < 1.29 is 4.79 Å². The lowest BCUT2D eigenvalue weighted by atomic mass is 9.43. The highest BCUT2D eigenvalue weighted by Crippen LogP contribution is 2.72. The number of hydrogen-bond donors (Lipinski definition) is 0. The molecule has 5 unspecified atom stereocenters. The van der Waals surface area contributed by atoms with Crippen LogP contribution >= 0.6 is 0 Å². The maximum absolute atomic E-state index is 12.2. The molecule has 5 atom stereocenters. The quantitative estimate of drug-likeness (QED) is 0.669. The third kappa shape index (κ3) is 1.56. The molecule has 0 heterocycles. The average molecular weight is 262 g/mol. The van der Waals surface area contributed by atoms with E-state index in [4.69, 9.17) is 0 Å². The molecule has 3 rings (SSSR count). The van der Waals surface area contributed by atoms with E-state index >= 15 is 0 Å². The number of carbonyl (C=O) groups is 1. The SMILES string of the molecule is CC(=O)C1CC23CC(CC2C)C(C)(C)C(C3)C1(C)C. The van der Waals surface area contributed by atoms with Crippen molar-refractivity contribution in [2.45, 2.75) is 67.2 Å². The molecule has 0 amide bonds. The molecule has 3 fully saturated rings. The normalized spacial score (nSPS) is 50.0. The minimum atomic E-state index is 0.182. The zero-order chi connectivity index (χ0) is 14.2. The molecule has 3 aliphatic carbocycles. The summed E-state index contributed by atoms with van der Waals surface area (Å²) in [5.74, 6) is 3.13. The Kier molecular flexibility index (Phi) is 2.62. The van der Waals surface area contributed by atoms with Gasteiger partial charge in [-0.1, -0.05) is 34.6 Å². The minimum Gasteiger partial charge on any atom is -0.300 e. The van der Waals surface area contributed by atoms with Gasteiger partial charge >= 0.3 is 0 Å². The van der Waals surface area contributed by atoms with E-state index in [9.17, 15) is 4.79 Å². The molecule has 0 saturated heterocycles. The first-order valence-corrected chi connectivity index (χ1v) is 8.12. The predicted molar refractivity (Wildman–Crippen MR) is 78.8 cm³/mol. The highest BCUT2D eigenvalue weighted by Gasteiger charge is 2.65. The molecule has 0 N–H and O–H groups in total. The molecule has 3 bridgehead atoms. The third-order valence-electron chi connectivity index (χ3n) is 7.79. The van der Waals surface area contributed by atoms with E-state index in [1.807, 2.05) is 6.92 Å². The molecule has 1 nitrogen and oxygen atoms in total. The van der Waals surface area contributed by atoms with E-state index in [1.165, 1.54) is 25.7 Å². The van der Waals surface area contributed by atoms with Crippen LogP contribution in [0.5, 0.6) is 0 Å². The Labute approximate surface area is 118 Å². The van der Waals surface area contributed by atoms with Gasteiger partial charge in [-0.25, -0.2) is 0 Å². The Morgan fingerprint density at radius 1 is 1.00 bits per heavy atom. The molecule has 0 aromatic heterocycles. The number of rotatable bonds is 1. The summed E-state index contributed by atoms with van der Waals surface area (Å²) in [6.07, 6.45) is 5.32. The molecule has 1 heteroatoms. The van der Waals surface area contributed by atoms with Gasteiger partial charge in [-0.15, -0.1) is 0 Å². The topological polar surface area (TPSA) is 17.1 Å². The second-order valence-electron chi connectivity index (χ2n) is 9.17. The van der Waals surface area contributed by atoms with Crippen molar-refractivity contribution in [1.29, 1.82) is 0 Å². The van der Waals surface area contributed by atoms with Crippen molar-refractivity contribution in [3.8, 4) is 0 Å². The van der Waals surface area contributed by atoms with E-state index in [0.717, 1.165) is 11.8 Å². The van der Waals surface area contributed by atoms with Crippen LogP contribution in [0, 0.1) is 39.9 Å². The molecule has 0 aliphatic heterocycles. The van der Waals surface area contributed by atoms with Gasteiger partial charge in [0, 0.05) is 5.92 Å². The van der Waals surface area contributed by atoms with E-state index in [2.05, 4.69) is 34.6 Å². The third-order valence-corrected chi connectivity index (χ3v) is 7.79.